The van der Waals surface area contributed by atoms with E-state index < -0.39 is 5.97 Å². The molecule has 2 heterocycles. The number of aromatic nitrogens is 1. The highest BCUT2D eigenvalue weighted by Gasteiger charge is 2.24. The molecule has 1 aromatic heterocycles. The largest absolute Gasteiger partial charge is 0.496 e. The number of β-amino-alcohol motifs (C(OH)–C–C–N with tert-alkyl or cyclic N) is 1. The summed E-state index contributed by atoms with van der Waals surface area (Å²) in [6.07, 6.45) is 0. The van der Waals surface area contributed by atoms with E-state index in [1.807, 2.05) is 12.1 Å². The molecule has 1 aliphatic heterocycles. The van der Waals surface area contributed by atoms with Gasteiger partial charge in [0.2, 0.25) is 0 Å². The molecule has 0 spiro atoms. The van der Waals surface area contributed by atoms with E-state index in [4.69, 9.17) is 14.6 Å². The van der Waals surface area contributed by atoms with Gasteiger partial charge < -0.3 is 14.6 Å². The van der Waals surface area contributed by atoms with Gasteiger partial charge in [0.05, 0.1) is 26.3 Å². The Morgan fingerprint density at radius 1 is 1.26 bits per heavy atom. The number of nitrogens with zero attached hydrogens (tertiary/aromatic N) is 3. The molecule has 7 heteroatoms. The third kappa shape index (κ3) is 4.05. The summed E-state index contributed by atoms with van der Waals surface area (Å²) in [6, 6.07) is 7.78. The molecule has 0 saturated carbocycles. The molecule has 0 amide bonds. The lowest BCUT2D eigenvalue weighted by molar-refractivity contribution is 0.0594. The standard InChI is InChI=1S/C20H27N3O4/c1-14(23-9-7-22(8-10-23)11-12-24)15-5-4-6-16-18(26-2)13-17(20(25)27-3)21-19(15)16/h4-6,13-14,24H,7-12H2,1-3H3/t14-/m1/s1. The van der Waals surface area contributed by atoms with E-state index in [1.54, 1.807) is 13.2 Å². The Balaban J connectivity index is 1.95. The molecule has 3 rings (SSSR count). The number of methoxy groups -OCH3 is 2. The lowest BCUT2D eigenvalue weighted by Crippen LogP contribution is -2.47. The van der Waals surface area contributed by atoms with E-state index in [-0.39, 0.29) is 18.3 Å². The minimum absolute atomic E-state index is 0.148. The van der Waals surface area contributed by atoms with Crippen molar-refractivity contribution in [2.75, 3.05) is 53.6 Å². The monoisotopic (exact) mass is 373 g/mol. The Morgan fingerprint density at radius 2 is 2.00 bits per heavy atom. The van der Waals surface area contributed by atoms with Crippen LogP contribution in [0.4, 0.5) is 0 Å². The Bertz CT molecular complexity index is 803. The molecule has 1 aromatic carbocycles. The first kappa shape index (κ1) is 19.5. The van der Waals surface area contributed by atoms with Crippen molar-refractivity contribution in [3.8, 4) is 5.75 Å². The average molecular weight is 373 g/mol. The number of para-hydroxylation sites is 1. The van der Waals surface area contributed by atoms with Crippen molar-refractivity contribution in [1.82, 2.24) is 14.8 Å². The van der Waals surface area contributed by atoms with Crippen molar-refractivity contribution in [2.24, 2.45) is 0 Å². The van der Waals surface area contributed by atoms with Crippen molar-refractivity contribution >= 4 is 16.9 Å². The van der Waals surface area contributed by atoms with Crippen LogP contribution >= 0.6 is 0 Å². The Morgan fingerprint density at radius 3 is 2.63 bits per heavy atom. The molecule has 1 atom stereocenters. The molecular formula is C20H27N3O4. The van der Waals surface area contributed by atoms with Gasteiger partial charge in [-0.15, -0.1) is 0 Å². The first-order chi connectivity index (χ1) is 13.1. The van der Waals surface area contributed by atoms with Crippen molar-refractivity contribution in [1.29, 1.82) is 0 Å². The van der Waals surface area contributed by atoms with Gasteiger partial charge in [0, 0.05) is 50.2 Å². The highest BCUT2D eigenvalue weighted by Crippen LogP contribution is 2.33. The van der Waals surface area contributed by atoms with E-state index in [0.717, 1.165) is 49.2 Å². The zero-order chi connectivity index (χ0) is 19.4. The lowest BCUT2D eigenvalue weighted by atomic mass is 10.0. The maximum absolute atomic E-state index is 12.0. The molecule has 0 radical (unpaired) electrons. The third-order valence-electron chi connectivity index (χ3n) is 5.27. The zero-order valence-corrected chi connectivity index (χ0v) is 16.1. The van der Waals surface area contributed by atoms with E-state index >= 15 is 0 Å². The Kier molecular flexibility index (Phi) is 6.26. The second-order valence-electron chi connectivity index (χ2n) is 6.72. The number of aliphatic hydroxyl groups excluding tert-OH is 1. The fraction of sp³-hybridized carbons (Fsp3) is 0.500. The fourth-order valence-electron chi connectivity index (χ4n) is 3.67. The summed E-state index contributed by atoms with van der Waals surface area (Å²) in [5.74, 6) is 0.137. The number of hydrogen-bond donors (Lipinski definition) is 1. The summed E-state index contributed by atoms with van der Waals surface area (Å²) in [5.41, 5.74) is 2.07. The van der Waals surface area contributed by atoms with Crippen LogP contribution in [-0.2, 0) is 4.74 Å². The molecule has 0 unspecified atom stereocenters. The highest BCUT2D eigenvalue weighted by molar-refractivity contribution is 5.95. The average Bonchev–Trinajstić information content (AvgIpc) is 2.72. The van der Waals surface area contributed by atoms with Gasteiger partial charge in [-0.05, 0) is 18.6 Å². The van der Waals surface area contributed by atoms with Crippen molar-refractivity contribution < 1.29 is 19.4 Å². The molecule has 27 heavy (non-hydrogen) atoms. The fourth-order valence-corrected chi connectivity index (χ4v) is 3.67. The van der Waals surface area contributed by atoms with Crippen LogP contribution in [0.25, 0.3) is 10.9 Å². The third-order valence-corrected chi connectivity index (χ3v) is 5.27. The first-order valence-corrected chi connectivity index (χ1v) is 9.22. The number of ether oxygens (including phenoxy) is 2. The number of rotatable bonds is 6. The number of hydrogen-bond acceptors (Lipinski definition) is 7. The summed E-state index contributed by atoms with van der Waals surface area (Å²) in [7, 11) is 2.94. The van der Waals surface area contributed by atoms with Crippen LogP contribution in [0.2, 0.25) is 0 Å². The topological polar surface area (TPSA) is 75.1 Å². The zero-order valence-electron chi connectivity index (χ0n) is 16.1. The number of carbonyl (C=O) groups excluding carboxylic acids is 1. The SMILES string of the molecule is COC(=O)c1cc(OC)c2cccc([C@@H](C)N3CCN(CCO)CC3)c2n1. The van der Waals surface area contributed by atoms with Crippen LogP contribution in [0, 0.1) is 0 Å². The number of piperazine rings is 1. The Hall–Kier alpha value is -2.22. The van der Waals surface area contributed by atoms with Crippen LogP contribution < -0.4 is 4.74 Å². The van der Waals surface area contributed by atoms with Crippen LogP contribution in [0.3, 0.4) is 0 Å². The molecule has 0 bridgehead atoms. The minimum Gasteiger partial charge on any atom is -0.496 e. The Labute approximate surface area is 159 Å². The summed E-state index contributed by atoms with van der Waals surface area (Å²) < 4.78 is 10.3. The van der Waals surface area contributed by atoms with Gasteiger partial charge in [-0.2, -0.15) is 0 Å². The second kappa shape index (κ2) is 8.65. The number of esters is 1. The predicted octanol–water partition coefficient (Wildman–Crippen LogP) is 1.70. The number of pyridine rings is 1. The molecule has 1 saturated heterocycles. The number of carbonyl (C=O) groups is 1. The van der Waals surface area contributed by atoms with Gasteiger partial charge in [0.25, 0.3) is 0 Å². The van der Waals surface area contributed by atoms with E-state index in [2.05, 4.69) is 27.8 Å². The molecule has 146 valence electrons. The van der Waals surface area contributed by atoms with Gasteiger partial charge in [-0.25, -0.2) is 9.78 Å². The number of aliphatic hydroxyl groups is 1. The second-order valence-corrected chi connectivity index (χ2v) is 6.72. The first-order valence-electron chi connectivity index (χ1n) is 9.22. The molecular weight excluding hydrogens is 346 g/mol. The predicted molar refractivity (Wildman–Crippen MR) is 103 cm³/mol. The maximum atomic E-state index is 12.0. The summed E-state index contributed by atoms with van der Waals surface area (Å²) in [5, 5.41) is 10.0. The molecule has 1 N–H and O–H groups in total. The lowest BCUT2D eigenvalue weighted by Gasteiger charge is -2.38. The van der Waals surface area contributed by atoms with Crippen LogP contribution in [0.5, 0.6) is 5.75 Å². The summed E-state index contributed by atoms with van der Waals surface area (Å²) >= 11 is 0. The van der Waals surface area contributed by atoms with Gasteiger partial charge in [-0.1, -0.05) is 12.1 Å². The van der Waals surface area contributed by atoms with Gasteiger partial charge >= 0.3 is 5.97 Å². The minimum atomic E-state index is -0.477. The number of fused-ring (bicyclic) bond motifs is 1. The quantitative estimate of drug-likeness (QED) is 0.773. The van der Waals surface area contributed by atoms with E-state index in [9.17, 15) is 4.79 Å². The molecule has 7 nitrogen and oxygen atoms in total. The van der Waals surface area contributed by atoms with E-state index in [1.165, 1.54) is 7.11 Å². The normalized spacial score (nSPS) is 17.0. The molecule has 1 fully saturated rings. The smallest absolute Gasteiger partial charge is 0.356 e. The maximum Gasteiger partial charge on any atom is 0.356 e. The number of benzene rings is 1. The van der Waals surface area contributed by atoms with Crippen molar-refractivity contribution in [3.63, 3.8) is 0 Å². The van der Waals surface area contributed by atoms with Gasteiger partial charge in [0.15, 0.2) is 5.69 Å². The molecule has 1 aliphatic rings. The van der Waals surface area contributed by atoms with Gasteiger partial charge in [-0.3, -0.25) is 9.80 Å². The van der Waals surface area contributed by atoms with E-state index in [0.29, 0.717) is 5.75 Å². The molecule has 2 aromatic rings. The summed E-state index contributed by atoms with van der Waals surface area (Å²) in [6.45, 7) is 6.78. The van der Waals surface area contributed by atoms with Crippen LogP contribution in [0.1, 0.15) is 29.0 Å². The van der Waals surface area contributed by atoms with Crippen molar-refractivity contribution in [2.45, 2.75) is 13.0 Å². The van der Waals surface area contributed by atoms with Crippen LogP contribution in [-0.4, -0.2) is 79.4 Å². The highest BCUT2D eigenvalue weighted by atomic mass is 16.5. The van der Waals surface area contributed by atoms with Crippen molar-refractivity contribution in [3.05, 3.63) is 35.5 Å². The van der Waals surface area contributed by atoms with Crippen LogP contribution in [0.15, 0.2) is 24.3 Å². The van der Waals surface area contributed by atoms with Gasteiger partial charge in [0.1, 0.15) is 5.75 Å². The summed E-state index contributed by atoms with van der Waals surface area (Å²) in [4.78, 5) is 21.3. The molecule has 0 aliphatic carbocycles.